The summed E-state index contributed by atoms with van der Waals surface area (Å²) in [5.74, 6) is 0.645. The molecule has 0 radical (unpaired) electrons. The predicted octanol–water partition coefficient (Wildman–Crippen LogP) is 7.22. The molecule has 3 aromatic carbocycles. The van der Waals surface area contributed by atoms with E-state index in [-0.39, 0.29) is 17.4 Å². The summed E-state index contributed by atoms with van der Waals surface area (Å²) in [5.41, 5.74) is 2.58. The van der Waals surface area contributed by atoms with Crippen molar-refractivity contribution >= 4 is 44.1 Å². The number of ketones is 1. The Morgan fingerprint density at radius 1 is 1.04 bits per heavy atom. The third-order valence-electron chi connectivity index (χ3n) is 7.99. The van der Waals surface area contributed by atoms with Crippen LogP contribution in [0.25, 0.3) is 16.0 Å². The number of benzene rings is 3. The normalized spacial score (nSPS) is 18.7. The second-order valence-electron chi connectivity index (χ2n) is 11.1. The largest absolute Gasteiger partial charge is 0.507 e. The molecule has 2 aliphatic heterocycles. The molecule has 10 heteroatoms. The maximum absolute atomic E-state index is 13.8. The quantitative estimate of drug-likeness (QED) is 0.0803. The van der Waals surface area contributed by atoms with Crippen molar-refractivity contribution in [3.05, 3.63) is 76.9 Å². The molecule has 0 aliphatic carbocycles. The summed E-state index contributed by atoms with van der Waals surface area (Å²) in [4.78, 5) is 33.8. The van der Waals surface area contributed by atoms with Gasteiger partial charge in [-0.3, -0.25) is 14.5 Å². The number of rotatable bonds is 11. The van der Waals surface area contributed by atoms with Gasteiger partial charge in [-0.05, 0) is 79.9 Å². The zero-order valence-corrected chi connectivity index (χ0v) is 26.6. The van der Waals surface area contributed by atoms with Gasteiger partial charge in [-0.15, -0.1) is 0 Å². The first-order chi connectivity index (χ1) is 21.8. The van der Waals surface area contributed by atoms with E-state index in [2.05, 4.69) is 6.92 Å². The van der Waals surface area contributed by atoms with E-state index in [1.165, 1.54) is 16.2 Å². The standard InChI is InChI=1S/C35H36N2O7S/c1-5-7-8-15-43-27-14-9-21(18-28(27)42-6-2)31-30(32(38)22-10-13-26-23(17-22)16-20(3)44-26)33(39)34(40)37(31)35-36-25-12-11-24(41-4)19-29(25)45-35/h9-14,17-20,31,38H,5-8,15-16H2,1-4H3/b32-30+/t20-,31-/m1/s1. The molecule has 45 heavy (non-hydrogen) atoms. The number of carbonyl (C=O) groups is 2. The van der Waals surface area contributed by atoms with E-state index >= 15 is 0 Å². The second-order valence-corrected chi connectivity index (χ2v) is 12.2. The number of aliphatic hydroxyl groups is 1. The van der Waals surface area contributed by atoms with Gasteiger partial charge in [0.15, 0.2) is 16.6 Å². The molecule has 4 aromatic rings. The number of Topliss-reactive ketones (excluding diaryl/α,β-unsaturated/α-hetero) is 1. The maximum atomic E-state index is 13.8. The molecule has 1 fully saturated rings. The van der Waals surface area contributed by atoms with Crippen LogP contribution < -0.4 is 23.8 Å². The summed E-state index contributed by atoms with van der Waals surface area (Å²) < 4.78 is 24.0. The summed E-state index contributed by atoms with van der Waals surface area (Å²) in [6.07, 6.45) is 3.74. The van der Waals surface area contributed by atoms with Gasteiger partial charge in [0, 0.05) is 12.0 Å². The lowest BCUT2D eigenvalue weighted by Gasteiger charge is -2.24. The van der Waals surface area contributed by atoms with Gasteiger partial charge in [-0.25, -0.2) is 4.98 Å². The van der Waals surface area contributed by atoms with Crippen molar-refractivity contribution < 1.29 is 33.6 Å². The summed E-state index contributed by atoms with van der Waals surface area (Å²) >= 11 is 1.27. The molecule has 2 aliphatic rings. The third-order valence-corrected chi connectivity index (χ3v) is 9.01. The number of methoxy groups -OCH3 is 1. The fraction of sp³-hybridized carbons (Fsp3) is 0.343. The number of anilines is 1. The fourth-order valence-corrected chi connectivity index (χ4v) is 6.83. The van der Waals surface area contributed by atoms with Gasteiger partial charge >= 0.3 is 5.91 Å². The number of fused-ring (bicyclic) bond motifs is 2. The number of aliphatic hydroxyl groups excluding tert-OH is 1. The van der Waals surface area contributed by atoms with Gasteiger partial charge in [0.2, 0.25) is 0 Å². The van der Waals surface area contributed by atoms with Gasteiger partial charge in [0.1, 0.15) is 23.4 Å². The highest BCUT2D eigenvalue weighted by molar-refractivity contribution is 7.22. The summed E-state index contributed by atoms with van der Waals surface area (Å²) in [7, 11) is 1.58. The Hall–Kier alpha value is -4.57. The van der Waals surface area contributed by atoms with Crippen LogP contribution in [-0.4, -0.2) is 48.2 Å². The lowest BCUT2D eigenvalue weighted by molar-refractivity contribution is -0.132. The average molecular weight is 629 g/mol. The summed E-state index contributed by atoms with van der Waals surface area (Å²) in [5, 5.41) is 12.1. The monoisotopic (exact) mass is 628 g/mol. The Kier molecular flexibility index (Phi) is 8.67. The Morgan fingerprint density at radius 2 is 1.89 bits per heavy atom. The zero-order chi connectivity index (χ0) is 31.7. The highest BCUT2D eigenvalue weighted by Crippen LogP contribution is 2.46. The average Bonchev–Trinajstić information content (AvgIpc) is 3.71. The molecule has 6 rings (SSSR count). The Balaban J connectivity index is 1.49. The molecule has 1 N–H and O–H groups in total. The first kappa shape index (κ1) is 30.5. The zero-order valence-electron chi connectivity index (χ0n) is 25.8. The smallest absolute Gasteiger partial charge is 0.301 e. The molecule has 2 atom stereocenters. The van der Waals surface area contributed by atoms with Crippen molar-refractivity contribution in [3.63, 3.8) is 0 Å². The van der Waals surface area contributed by atoms with Gasteiger partial charge in [0.05, 0.1) is 42.2 Å². The van der Waals surface area contributed by atoms with E-state index in [1.807, 2.05) is 38.1 Å². The Labute approximate surface area is 266 Å². The molecule has 3 heterocycles. The molecular weight excluding hydrogens is 592 g/mol. The van der Waals surface area contributed by atoms with E-state index in [9.17, 15) is 14.7 Å². The number of hydrogen-bond donors (Lipinski definition) is 1. The van der Waals surface area contributed by atoms with Crippen LogP contribution in [0.15, 0.2) is 60.2 Å². The molecule has 234 valence electrons. The van der Waals surface area contributed by atoms with Gasteiger partial charge in [-0.2, -0.15) is 0 Å². The highest BCUT2D eigenvalue weighted by atomic mass is 32.1. The van der Waals surface area contributed by atoms with Crippen molar-refractivity contribution in [3.8, 4) is 23.0 Å². The lowest BCUT2D eigenvalue weighted by atomic mass is 9.94. The van der Waals surface area contributed by atoms with E-state index in [1.54, 1.807) is 37.4 Å². The van der Waals surface area contributed by atoms with Gasteiger partial charge in [-0.1, -0.05) is 37.2 Å². The molecule has 0 unspecified atom stereocenters. The van der Waals surface area contributed by atoms with E-state index in [0.29, 0.717) is 58.7 Å². The molecule has 1 saturated heterocycles. The van der Waals surface area contributed by atoms with Gasteiger partial charge in [0.25, 0.3) is 5.78 Å². The predicted molar refractivity (Wildman–Crippen MR) is 174 cm³/mol. The number of nitrogens with zero attached hydrogens (tertiary/aromatic N) is 2. The molecule has 0 spiro atoms. The summed E-state index contributed by atoms with van der Waals surface area (Å²) in [6, 6.07) is 15.2. The second kappa shape index (κ2) is 12.8. The fourth-order valence-electron chi connectivity index (χ4n) is 5.81. The number of amides is 1. The van der Waals surface area contributed by atoms with Crippen LogP contribution in [0.5, 0.6) is 23.0 Å². The van der Waals surface area contributed by atoms with Crippen LogP contribution in [0.1, 0.15) is 62.8 Å². The number of carbonyl (C=O) groups excluding carboxylic acids is 2. The van der Waals surface area contributed by atoms with Crippen molar-refractivity contribution in [1.82, 2.24) is 4.98 Å². The van der Waals surface area contributed by atoms with Crippen LogP contribution in [-0.2, 0) is 16.0 Å². The highest BCUT2D eigenvalue weighted by Gasteiger charge is 2.48. The summed E-state index contributed by atoms with van der Waals surface area (Å²) in [6.45, 7) is 6.93. The van der Waals surface area contributed by atoms with Crippen LogP contribution in [0.2, 0.25) is 0 Å². The molecule has 9 nitrogen and oxygen atoms in total. The number of unbranched alkanes of at least 4 members (excludes halogenated alkanes) is 2. The molecule has 0 saturated carbocycles. The lowest BCUT2D eigenvalue weighted by Crippen LogP contribution is -2.29. The minimum Gasteiger partial charge on any atom is -0.507 e. The number of aromatic nitrogens is 1. The Morgan fingerprint density at radius 3 is 2.67 bits per heavy atom. The third kappa shape index (κ3) is 5.82. The molecule has 1 amide bonds. The minimum absolute atomic E-state index is 0.0142. The van der Waals surface area contributed by atoms with E-state index in [4.69, 9.17) is 23.9 Å². The van der Waals surface area contributed by atoms with Crippen LogP contribution in [0.3, 0.4) is 0 Å². The topological polar surface area (TPSA) is 107 Å². The number of ether oxygens (including phenoxy) is 4. The van der Waals surface area contributed by atoms with Crippen molar-refractivity contribution in [2.75, 3.05) is 25.2 Å². The van der Waals surface area contributed by atoms with Crippen molar-refractivity contribution in [2.45, 2.75) is 58.6 Å². The first-order valence-corrected chi connectivity index (χ1v) is 16.1. The van der Waals surface area contributed by atoms with E-state index < -0.39 is 17.7 Å². The number of thiazole rings is 1. The SMILES string of the molecule is CCCCCOc1ccc([C@@H]2/C(=C(\O)c3ccc4c(c3)C[C@@H](C)O4)C(=O)C(=O)N2c2nc3ccc(OC)cc3s2)cc1OCC. The molecule has 1 aromatic heterocycles. The molecular formula is C35H36N2O7S. The minimum atomic E-state index is -0.968. The Bertz CT molecular complexity index is 1800. The first-order valence-electron chi connectivity index (χ1n) is 15.3. The molecule has 0 bridgehead atoms. The van der Waals surface area contributed by atoms with Crippen LogP contribution in [0, 0.1) is 0 Å². The van der Waals surface area contributed by atoms with E-state index in [0.717, 1.165) is 35.3 Å². The van der Waals surface area contributed by atoms with Crippen molar-refractivity contribution in [2.24, 2.45) is 0 Å². The maximum Gasteiger partial charge on any atom is 0.301 e. The number of hydrogen-bond acceptors (Lipinski definition) is 9. The van der Waals surface area contributed by atoms with Crippen molar-refractivity contribution in [1.29, 1.82) is 0 Å². The van der Waals surface area contributed by atoms with Gasteiger partial charge < -0.3 is 24.1 Å². The van der Waals surface area contributed by atoms with Crippen LogP contribution >= 0.6 is 11.3 Å². The van der Waals surface area contributed by atoms with Crippen LogP contribution in [0.4, 0.5) is 5.13 Å².